The third-order valence-corrected chi connectivity index (χ3v) is 5.96. The van der Waals surface area contributed by atoms with E-state index in [1.165, 1.54) is 6.26 Å². The summed E-state index contributed by atoms with van der Waals surface area (Å²) in [6.45, 7) is 0.138. The van der Waals surface area contributed by atoms with Gasteiger partial charge in [-0.05, 0) is 18.1 Å². The van der Waals surface area contributed by atoms with E-state index in [1.807, 2.05) is 30.3 Å². The van der Waals surface area contributed by atoms with Gasteiger partial charge in [-0.2, -0.15) is 0 Å². The van der Waals surface area contributed by atoms with Gasteiger partial charge < -0.3 is 15.1 Å². The van der Waals surface area contributed by atoms with Crippen LogP contribution in [0.3, 0.4) is 0 Å². The summed E-state index contributed by atoms with van der Waals surface area (Å²) >= 11 is 0. The minimum absolute atomic E-state index is 0.0159. The number of hydrogen-bond acceptors (Lipinski definition) is 5. The SMILES string of the molecule is O=C(CCNC(=O)c1occc1-c1ccccc1)NC1CCS(=O)(=O)C1. The van der Waals surface area contributed by atoms with Crippen LogP contribution in [0.2, 0.25) is 0 Å². The molecule has 7 nitrogen and oxygen atoms in total. The summed E-state index contributed by atoms with van der Waals surface area (Å²) in [5.74, 6) is -0.397. The molecule has 1 aliphatic heterocycles. The Morgan fingerprint density at radius 3 is 2.62 bits per heavy atom. The minimum atomic E-state index is -3.03. The lowest BCUT2D eigenvalue weighted by molar-refractivity contribution is -0.121. The highest BCUT2D eigenvalue weighted by atomic mass is 32.2. The Bertz CT molecular complexity index is 889. The van der Waals surface area contributed by atoms with Crippen LogP contribution in [0.25, 0.3) is 11.1 Å². The number of rotatable bonds is 6. The lowest BCUT2D eigenvalue weighted by atomic mass is 10.1. The van der Waals surface area contributed by atoms with Crippen LogP contribution in [-0.2, 0) is 14.6 Å². The van der Waals surface area contributed by atoms with Crippen LogP contribution in [0.5, 0.6) is 0 Å². The van der Waals surface area contributed by atoms with Crippen molar-refractivity contribution in [3.05, 3.63) is 48.4 Å². The zero-order valence-electron chi connectivity index (χ0n) is 14.1. The molecule has 8 heteroatoms. The summed E-state index contributed by atoms with van der Waals surface area (Å²) in [5.41, 5.74) is 1.55. The van der Waals surface area contributed by atoms with Crippen molar-refractivity contribution in [1.82, 2.24) is 10.6 Å². The number of nitrogens with one attached hydrogen (secondary N) is 2. The van der Waals surface area contributed by atoms with Gasteiger partial charge in [0.1, 0.15) is 0 Å². The highest BCUT2D eigenvalue weighted by molar-refractivity contribution is 7.91. The molecule has 1 aliphatic rings. The molecule has 0 aliphatic carbocycles. The van der Waals surface area contributed by atoms with Gasteiger partial charge in [0, 0.05) is 24.6 Å². The van der Waals surface area contributed by atoms with Crippen LogP contribution in [0.4, 0.5) is 0 Å². The van der Waals surface area contributed by atoms with E-state index < -0.39 is 15.7 Å². The topological polar surface area (TPSA) is 105 Å². The average Bonchev–Trinajstić information content (AvgIpc) is 3.22. The molecule has 1 fully saturated rings. The Morgan fingerprint density at radius 1 is 1.15 bits per heavy atom. The van der Waals surface area contributed by atoms with Crippen molar-refractivity contribution in [2.24, 2.45) is 0 Å². The fourth-order valence-corrected chi connectivity index (χ4v) is 4.58. The Morgan fingerprint density at radius 2 is 1.92 bits per heavy atom. The largest absolute Gasteiger partial charge is 0.459 e. The van der Waals surface area contributed by atoms with E-state index in [0.717, 1.165) is 5.56 Å². The van der Waals surface area contributed by atoms with Gasteiger partial charge in [0.15, 0.2) is 15.6 Å². The van der Waals surface area contributed by atoms with E-state index in [4.69, 9.17) is 4.42 Å². The third kappa shape index (κ3) is 4.51. The average molecular weight is 376 g/mol. The van der Waals surface area contributed by atoms with E-state index in [0.29, 0.717) is 12.0 Å². The summed E-state index contributed by atoms with van der Waals surface area (Å²) in [7, 11) is -3.03. The van der Waals surface area contributed by atoms with E-state index in [9.17, 15) is 18.0 Å². The Hall–Kier alpha value is -2.61. The second-order valence-electron chi connectivity index (χ2n) is 6.20. The number of hydrogen-bond donors (Lipinski definition) is 2. The number of sulfone groups is 1. The van der Waals surface area contributed by atoms with Crippen molar-refractivity contribution in [2.75, 3.05) is 18.1 Å². The molecule has 1 saturated heterocycles. The van der Waals surface area contributed by atoms with Crippen molar-refractivity contribution < 1.29 is 22.4 Å². The molecule has 3 rings (SSSR count). The molecule has 2 amide bonds. The predicted molar refractivity (Wildman–Crippen MR) is 96.3 cm³/mol. The van der Waals surface area contributed by atoms with Crippen molar-refractivity contribution in [3.8, 4) is 11.1 Å². The minimum Gasteiger partial charge on any atom is -0.459 e. The molecule has 0 radical (unpaired) electrons. The second-order valence-corrected chi connectivity index (χ2v) is 8.43. The summed E-state index contributed by atoms with van der Waals surface area (Å²) in [5, 5.41) is 5.34. The Balaban J connectivity index is 1.49. The summed E-state index contributed by atoms with van der Waals surface area (Å²) in [6.07, 6.45) is 1.96. The standard InChI is InChI=1S/C18H20N2O5S/c21-16(20-14-8-11-26(23,24)12-14)6-9-19-18(22)17-15(7-10-25-17)13-4-2-1-3-5-13/h1-5,7,10,14H,6,8-9,11-12H2,(H,19,22)(H,20,21). The fraction of sp³-hybridized carbons (Fsp3) is 0.333. The van der Waals surface area contributed by atoms with E-state index in [1.54, 1.807) is 6.07 Å². The van der Waals surface area contributed by atoms with Crippen molar-refractivity contribution in [3.63, 3.8) is 0 Å². The Kier molecular flexibility index (Phi) is 5.41. The van der Waals surface area contributed by atoms with Crippen LogP contribution in [0.15, 0.2) is 47.1 Å². The molecular formula is C18H20N2O5S. The second kappa shape index (κ2) is 7.74. The molecular weight excluding hydrogens is 356 g/mol. The van der Waals surface area contributed by atoms with E-state index >= 15 is 0 Å². The molecule has 2 N–H and O–H groups in total. The molecule has 0 spiro atoms. The first-order valence-corrected chi connectivity index (χ1v) is 10.2. The smallest absolute Gasteiger partial charge is 0.287 e. The summed E-state index contributed by atoms with van der Waals surface area (Å²) < 4.78 is 28.1. The van der Waals surface area contributed by atoms with E-state index in [-0.39, 0.29) is 42.2 Å². The zero-order chi connectivity index (χ0) is 18.6. The van der Waals surface area contributed by atoms with Gasteiger partial charge in [0.05, 0.1) is 17.8 Å². The van der Waals surface area contributed by atoms with Crippen molar-refractivity contribution in [2.45, 2.75) is 18.9 Å². The van der Waals surface area contributed by atoms with Gasteiger partial charge >= 0.3 is 0 Å². The zero-order valence-corrected chi connectivity index (χ0v) is 14.9. The van der Waals surface area contributed by atoms with Crippen molar-refractivity contribution in [1.29, 1.82) is 0 Å². The predicted octanol–water partition coefficient (Wildman–Crippen LogP) is 1.37. The normalized spacial score (nSPS) is 18.4. The summed E-state index contributed by atoms with van der Waals surface area (Å²) in [4.78, 5) is 24.2. The Labute approximate surface area is 151 Å². The molecule has 2 aromatic rings. The van der Waals surface area contributed by atoms with Gasteiger partial charge in [-0.25, -0.2) is 8.42 Å². The summed E-state index contributed by atoms with van der Waals surface area (Å²) in [6, 6.07) is 10.8. The molecule has 1 aromatic heterocycles. The first kappa shape index (κ1) is 18.2. The third-order valence-electron chi connectivity index (χ3n) is 4.19. The van der Waals surface area contributed by atoms with Gasteiger partial charge in [0.25, 0.3) is 5.91 Å². The molecule has 2 heterocycles. The molecule has 1 unspecified atom stereocenters. The van der Waals surface area contributed by atoms with Crippen molar-refractivity contribution >= 4 is 21.7 Å². The number of amides is 2. The maximum Gasteiger partial charge on any atom is 0.287 e. The monoisotopic (exact) mass is 376 g/mol. The fourth-order valence-electron chi connectivity index (χ4n) is 2.91. The van der Waals surface area contributed by atoms with E-state index in [2.05, 4.69) is 10.6 Å². The van der Waals surface area contributed by atoms with Crippen LogP contribution in [0, 0.1) is 0 Å². The molecule has 0 saturated carbocycles. The van der Waals surface area contributed by atoms with Gasteiger partial charge in [-0.1, -0.05) is 30.3 Å². The highest BCUT2D eigenvalue weighted by Crippen LogP contribution is 2.24. The maximum atomic E-state index is 12.3. The van der Waals surface area contributed by atoms with Gasteiger partial charge in [-0.3, -0.25) is 9.59 Å². The quantitative estimate of drug-likeness (QED) is 0.792. The number of benzene rings is 1. The van der Waals surface area contributed by atoms with Crippen LogP contribution in [0.1, 0.15) is 23.4 Å². The first-order valence-electron chi connectivity index (χ1n) is 8.35. The molecule has 1 aromatic carbocycles. The number of furan rings is 1. The number of carbonyl (C=O) groups is 2. The lowest BCUT2D eigenvalue weighted by Crippen LogP contribution is -2.37. The van der Waals surface area contributed by atoms with Crippen LogP contribution in [-0.4, -0.2) is 44.3 Å². The molecule has 0 bridgehead atoms. The highest BCUT2D eigenvalue weighted by Gasteiger charge is 2.28. The van der Waals surface area contributed by atoms with Crippen LogP contribution < -0.4 is 10.6 Å². The van der Waals surface area contributed by atoms with Crippen LogP contribution >= 0.6 is 0 Å². The van der Waals surface area contributed by atoms with Gasteiger partial charge in [0.2, 0.25) is 5.91 Å². The molecule has 26 heavy (non-hydrogen) atoms. The number of carbonyl (C=O) groups excluding carboxylic acids is 2. The van der Waals surface area contributed by atoms with Gasteiger partial charge in [-0.15, -0.1) is 0 Å². The first-order chi connectivity index (χ1) is 12.4. The molecule has 1 atom stereocenters. The molecule has 138 valence electrons. The lowest BCUT2D eigenvalue weighted by Gasteiger charge is -2.11. The maximum absolute atomic E-state index is 12.3.